The minimum Gasteiger partial charge on any atom is -0.347 e. The molecule has 1 aliphatic carbocycles. The predicted molar refractivity (Wildman–Crippen MR) is 87.6 cm³/mol. The maximum atomic E-state index is 12.2. The van der Waals surface area contributed by atoms with Crippen LogP contribution in [0.25, 0.3) is 0 Å². The summed E-state index contributed by atoms with van der Waals surface area (Å²) in [4.78, 5) is 12.2. The standard InChI is InChI=1S/C17H24N2O.ClH/c20-16(8-7-14-9-12-18-13-14)19-17(10-4-11-17)15-5-2-1-3-6-15;/h1-3,5-6,14,18H,4,7-13H2,(H,19,20);1H. The molecule has 21 heavy (non-hydrogen) atoms. The van der Waals surface area contributed by atoms with Gasteiger partial charge in [0.25, 0.3) is 0 Å². The lowest BCUT2D eigenvalue weighted by molar-refractivity contribution is -0.124. The number of carbonyl (C=O) groups is 1. The summed E-state index contributed by atoms with van der Waals surface area (Å²) >= 11 is 0. The molecule has 4 heteroatoms. The third-order valence-corrected chi connectivity index (χ3v) is 4.85. The van der Waals surface area contributed by atoms with Crippen molar-refractivity contribution in [1.82, 2.24) is 10.6 Å². The minimum atomic E-state index is -0.0771. The molecule has 0 radical (unpaired) electrons. The normalized spacial score (nSPS) is 23.0. The molecule has 1 atom stereocenters. The van der Waals surface area contributed by atoms with Gasteiger partial charge in [-0.1, -0.05) is 30.3 Å². The summed E-state index contributed by atoms with van der Waals surface area (Å²) in [6.45, 7) is 2.19. The van der Waals surface area contributed by atoms with E-state index in [0.717, 1.165) is 32.4 Å². The molecule has 1 saturated heterocycles. The lowest BCUT2D eigenvalue weighted by Crippen LogP contribution is -2.50. The fraction of sp³-hybridized carbons (Fsp3) is 0.588. The predicted octanol–water partition coefficient (Wildman–Crippen LogP) is 2.99. The van der Waals surface area contributed by atoms with E-state index in [1.54, 1.807) is 0 Å². The Balaban J connectivity index is 0.00000161. The molecule has 2 fully saturated rings. The number of hydrogen-bond acceptors (Lipinski definition) is 2. The second-order valence-corrected chi connectivity index (χ2v) is 6.25. The molecule has 0 spiro atoms. The van der Waals surface area contributed by atoms with E-state index >= 15 is 0 Å². The van der Waals surface area contributed by atoms with Crippen molar-refractivity contribution in [2.45, 2.75) is 44.1 Å². The maximum absolute atomic E-state index is 12.2. The molecule has 2 N–H and O–H groups in total. The van der Waals surface area contributed by atoms with Crippen LogP contribution in [0.5, 0.6) is 0 Å². The second-order valence-electron chi connectivity index (χ2n) is 6.25. The van der Waals surface area contributed by atoms with Gasteiger partial charge in [0.1, 0.15) is 0 Å². The Hall–Kier alpha value is -1.06. The molecule has 1 aromatic rings. The van der Waals surface area contributed by atoms with Gasteiger partial charge in [-0.15, -0.1) is 12.4 Å². The van der Waals surface area contributed by atoms with Crippen molar-refractivity contribution in [2.24, 2.45) is 5.92 Å². The first-order valence-electron chi connectivity index (χ1n) is 7.86. The number of carbonyl (C=O) groups excluding carboxylic acids is 1. The average molecular weight is 309 g/mol. The Bertz CT molecular complexity index is 453. The Morgan fingerprint density at radius 1 is 1.29 bits per heavy atom. The number of rotatable bonds is 5. The first kappa shape index (κ1) is 16.3. The van der Waals surface area contributed by atoms with E-state index in [9.17, 15) is 4.79 Å². The smallest absolute Gasteiger partial charge is 0.220 e. The lowest BCUT2D eigenvalue weighted by atomic mass is 9.71. The van der Waals surface area contributed by atoms with E-state index in [0.29, 0.717) is 12.3 Å². The highest BCUT2D eigenvalue weighted by molar-refractivity contribution is 5.85. The van der Waals surface area contributed by atoms with Crippen LogP contribution in [0.1, 0.15) is 44.1 Å². The zero-order valence-corrected chi connectivity index (χ0v) is 13.3. The zero-order chi connectivity index (χ0) is 13.8. The number of hydrogen-bond donors (Lipinski definition) is 2. The summed E-state index contributed by atoms with van der Waals surface area (Å²) in [5.41, 5.74) is 1.19. The second kappa shape index (κ2) is 7.28. The average Bonchev–Trinajstić information content (AvgIpc) is 2.95. The summed E-state index contributed by atoms with van der Waals surface area (Å²) in [6.07, 6.45) is 6.27. The highest BCUT2D eigenvalue weighted by Gasteiger charge is 2.39. The molecule has 1 amide bonds. The molecule has 2 aliphatic rings. The Morgan fingerprint density at radius 2 is 2.05 bits per heavy atom. The molecule has 0 aromatic heterocycles. The van der Waals surface area contributed by atoms with E-state index in [2.05, 4.69) is 34.9 Å². The first-order valence-corrected chi connectivity index (χ1v) is 7.86. The topological polar surface area (TPSA) is 41.1 Å². The van der Waals surface area contributed by atoms with Gasteiger partial charge in [-0.3, -0.25) is 4.79 Å². The van der Waals surface area contributed by atoms with Crippen molar-refractivity contribution in [2.75, 3.05) is 13.1 Å². The van der Waals surface area contributed by atoms with Crippen molar-refractivity contribution in [3.05, 3.63) is 35.9 Å². The van der Waals surface area contributed by atoms with Crippen molar-refractivity contribution in [1.29, 1.82) is 0 Å². The van der Waals surface area contributed by atoms with Crippen LogP contribution in [-0.4, -0.2) is 19.0 Å². The lowest BCUT2D eigenvalue weighted by Gasteiger charge is -2.43. The molecule has 1 aromatic carbocycles. The van der Waals surface area contributed by atoms with E-state index in [-0.39, 0.29) is 23.9 Å². The Morgan fingerprint density at radius 3 is 2.62 bits per heavy atom. The zero-order valence-electron chi connectivity index (χ0n) is 12.4. The molecule has 1 saturated carbocycles. The quantitative estimate of drug-likeness (QED) is 0.878. The summed E-state index contributed by atoms with van der Waals surface area (Å²) in [7, 11) is 0. The van der Waals surface area contributed by atoms with Gasteiger partial charge in [0.15, 0.2) is 0 Å². The Kier molecular flexibility index (Phi) is 5.65. The summed E-state index contributed by atoms with van der Waals surface area (Å²) in [5, 5.41) is 6.67. The third-order valence-electron chi connectivity index (χ3n) is 4.85. The molecule has 1 aliphatic heterocycles. The van der Waals surface area contributed by atoms with Crippen molar-refractivity contribution in [3.63, 3.8) is 0 Å². The molecule has 116 valence electrons. The van der Waals surface area contributed by atoms with Crippen LogP contribution >= 0.6 is 12.4 Å². The van der Waals surface area contributed by atoms with Crippen LogP contribution < -0.4 is 10.6 Å². The van der Waals surface area contributed by atoms with Crippen molar-refractivity contribution < 1.29 is 4.79 Å². The van der Waals surface area contributed by atoms with E-state index < -0.39 is 0 Å². The van der Waals surface area contributed by atoms with Crippen LogP contribution in [0.15, 0.2) is 30.3 Å². The largest absolute Gasteiger partial charge is 0.347 e. The molecular weight excluding hydrogens is 284 g/mol. The van der Waals surface area contributed by atoms with Gasteiger partial charge in [-0.25, -0.2) is 0 Å². The molecule has 3 rings (SSSR count). The van der Waals surface area contributed by atoms with Gasteiger partial charge >= 0.3 is 0 Å². The van der Waals surface area contributed by atoms with Crippen LogP contribution in [0.3, 0.4) is 0 Å². The maximum Gasteiger partial charge on any atom is 0.220 e. The summed E-state index contributed by atoms with van der Waals surface area (Å²) in [6, 6.07) is 10.4. The van der Waals surface area contributed by atoms with Gasteiger partial charge in [-0.05, 0) is 56.7 Å². The minimum absolute atomic E-state index is 0. The van der Waals surface area contributed by atoms with E-state index in [4.69, 9.17) is 0 Å². The van der Waals surface area contributed by atoms with Gasteiger partial charge in [0.2, 0.25) is 5.91 Å². The van der Waals surface area contributed by atoms with Crippen LogP contribution in [0.4, 0.5) is 0 Å². The van der Waals surface area contributed by atoms with Gasteiger partial charge in [0.05, 0.1) is 5.54 Å². The van der Waals surface area contributed by atoms with Crippen molar-refractivity contribution >= 4 is 18.3 Å². The third kappa shape index (κ3) is 3.78. The Labute approximate surface area is 133 Å². The van der Waals surface area contributed by atoms with Gasteiger partial charge < -0.3 is 10.6 Å². The number of nitrogens with one attached hydrogen (secondary N) is 2. The molecule has 3 nitrogen and oxygen atoms in total. The summed E-state index contributed by atoms with van der Waals surface area (Å²) < 4.78 is 0. The summed E-state index contributed by atoms with van der Waals surface area (Å²) in [5.74, 6) is 0.912. The fourth-order valence-corrected chi connectivity index (χ4v) is 3.40. The van der Waals surface area contributed by atoms with Gasteiger partial charge in [-0.2, -0.15) is 0 Å². The number of amides is 1. The molecule has 0 bridgehead atoms. The number of benzene rings is 1. The number of halogens is 1. The highest BCUT2D eigenvalue weighted by Crippen LogP contribution is 2.41. The van der Waals surface area contributed by atoms with E-state index in [1.807, 2.05) is 6.07 Å². The molecular formula is C17H25ClN2O. The van der Waals surface area contributed by atoms with Crippen LogP contribution in [0.2, 0.25) is 0 Å². The highest BCUT2D eigenvalue weighted by atomic mass is 35.5. The van der Waals surface area contributed by atoms with E-state index in [1.165, 1.54) is 18.4 Å². The first-order chi connectivity index (χ1) is 9.78. The van der Waals surface area contributed by atoms with Crippen LogP contribution in [0, 0.1) is 5.92 Å². The molecule has 1 heterocycles. The fourth-order valence-electron chi connectivity index (χ4n) is 3.40. The van der Waals surface area contributed by atoms with Crippen LogP contribution in [-0.2, 0) is 10.3 Å². The monoisotopic (exact) mass is 308 g/mol. The van der Waals surface area contributed by atoms with Crippen molar-refractivity contribution in [3.8, 4) is 0 Å². The SMILES string of the molecule is Cl.O=C(CCC1CCNC1)NC1(c2ccccc2)CCC1. The molecule has 1 unspecified atom stereocenters. The van der Waals surface area contributed by atoms with Gasteiger partial charge in [0, 0.05) is 6.42 Å².